The third-order valence-electron chi connectivity index (χ3n) is 3.73. The molecule has 2 aromatic rings. The standard InChI is InChI=1S/C12H16N5O8P/c13-10-7-11(15-3-14-10)17(4-16-7)12-9(20)8(19)5(25-12)1-24-6(18)2-26(21,22)23/h3-5,8-9,12,19-20H,1-2H2,(H2,13,14,15)(H2,21,22,23)/p-2/t5-,8-,9-,12-/m1/s1. The number of nitrogens with two attached hydrogens (primary N) is 1. The van der Waals surface area contributed by atoms with Crippen molar-refractivity contribution in [1.82, 2.24) is 19.5 Å². The molecule has 142 valence electrons. The second-order valence-electron chi connectivity index (χ2n) is 5.58. The molecule has 0 radical (unpaired) electrons. The Kier molecular flexibility index (Phi) is 4.92. The number of anilines is 1. The van der Waals surface area contributed by atoms with Crippen LogP contribution in [0.25, 0.3) is 11.2 Å². The average molecular weight is 387 g/mol. The number of fused-ring (bicyclic) bond motifs is 1. The molecule has 13 nitrogen and oxygen atoms in total. The highest BCUT2D eigenvalue weighted by Crippen LogP contribution is 2.32. The zero-order valence-electron chi connectivity index (χ0n) is 13.0. The van der Waals surface area contributed by atoms with E-state index in [0.29, 0.717) is 0 Å². The molecule has 0 bridgehead atoms. The first-order valence-electron chi connectivity index (χ1n) is 7.28. The highest BCUT2D eigenvalue weighted by molar-refractivity contribution is 7.49. The second kappa shape index (κ2) is 6.87. The number of carbonyl (C=O) groups is 1. The molecule has 26 heavy (non-hydrogen) atoms. The molecule has 1 saturated heterocycles. The number of nitrogens with zero attached hydrogens (tertiary/aromatic N) is 4. The summed E-state index contributed by atoms with van der Waals surface area (Å²) in [5.74, 6) is -1.16. The fourth-order valence-corrected chi connectivity index (χ4v) is 2.94. The molecule has 0 aliphatic carbocycles. The smallest absolute Gasteiger partial charge is 0.310 e. The van der Waals surface area contributed by atoms with Gasteiger partial charge in [-0.15, -0.1) is 0 Å². The number of aliphatic hydroxyl groups excluding tert-OH is 2. The normalized spacial score (nSPS) is 26.3. The molecule has 4 N–H and O–H groups in total. The lowest BCUT2D eigenvalue weighted by Gasteiger charge is -2.28. The molecule has 0 aromatic carbocycles. The van der Waals surface area contributed by atoms with Gasteiger partial charge >= 0.3 is 5.97 Å². The summed E-state index contributed by atoms with van der Waals surface area (Å²) in [6.07, 6.45) is -3.98. The van der Waals surface area contributed by atoms with Crippen LogP contribution in [0.1, 0.15) is 6.23 Å². The van der Waals surface area contributed by atoms with E-state index in [-0.39, 0.29) is 17.0 Å². The van der Waals surface area contributed by atoms with Gasteiger partial charge in [0.05, 0.1) is 12.5 Å². The van der Waals surface area contributed by atoms with Crippen molar-refractivity contribution in [3.63, 3.8) is 0 Å². The SMILES string of the molecule is Nc1ncnc2c1ncn2[C@@H]1O[C@H](COC(=O)CP(=O)([O-])[O-])[C@@H](O)[C@H]1O. The van der Waals surface area contributed by atoms with E-state index in [1.165, 1.54) is 17.2 Å². The van der Waals surface area contributed by atoms with Gasteiger partial charge in [-0.3, -0.25) is 9.36 Å². The van der Waals surface area contributed by atoms with Crippen molar-refractivity contribution < 1.29 is 38.8 Å². The predicted octanol–water partition coefficient (Wildman–Crippen LogP) is -3.52. The zero-order chi connectivity index (χ0) is 19.1. The lowest BCUT2D eigenvalue weighted by Crippen LogP contribution is -2.35. The number of aliphatic hydroxyl groups is 2. The maximum Gasteiger partial charge on any atom is 0.310 e. The lowest BCUT2D eigenvalue weighted by atomic mass is 10.1. The Morgan fingerprint density at radius 3 is 2.77 bits per heavy atom. The Labute approximate surface area is 145 Å². The molecule has 0 spiro atoms. The van der Waals surface area contributed by atoms with E-state index < -0.39 is 50.9 Å². The van der Waals surface area contributed by atoms with Gasteiger partial charge in [-0.25, -0.2) is 15.0 Å². The van der Waals surface area contributed by atoms with Crippen LogP contribution < -0.4 is 15.5 Å². The molecule has 1 fully saturated rings. The first-order valence-corrected chi connectivity index (χ1v) is 9.01. The van der Waals surface area contributed by atoms with Crippen molar-refractivity contribution in [1.29, 1.82) is 0 Å². The van der Waals surface area contributed by atoms with E-state index in [1.54, 1.807) is 0 Å². The van der Waals surface area contributed by atoms with Crippen LogP contribution in [0.3, 0.4) is 0 Å². The summed E-state index contributed by atoms with van der Waals surface area (Å²) >= 11 is 0. The van der Waals surface area contributed by atoms with Gasteiger partial charge in [0.25, 0.3) is 0 Å². The first kappa shape index (κ1) is 18.6. The van der Waals surface area contributed by atoms with Crippen LogP contribution in [-0.4, -0.2) is 66.8 Å². The molecule has 3 rings (SSSR count). The number of imidazole rings is 1. The first-order chi connectivity index (χ1) is 12.2. The van der Waals surface area contributed by atoms with Crippen molar-refractivity contribution in [3.05, 3.63) is 12.7 Å². The lowest BCUT2D eigenvalue weighted by molar-refractivity contribution is -0.313. The monoisotopic (exact) mass is 387 g/mol. The van der Waals surface area contributed by atoms with Crippen LogP contribution in [0, 0.1) is 0 Å². The fourth-order valence-electron chi connectivity index (χ4n) is 2.53. The highest BCUT2D eigenvalue weighted by atomic mass is 31.2. The molecule has 3 heterocycles. The minimum atomic E-state index is -5.06. The van der Waals surface area contributed by atoms with Gasteiger partial charge in [-0.05, 0) is 0 Å². The van der Waals surface area contributed by atoms with Gasteiger partial charge in [0.1, 0.15) is 36.8 Å². The number of nitrogen functional groups attached to an aromatic ring is 1. The minimum Gasteiger partial charge on any atom is -0.810 e. The molecule has 4 atom stereocenters. The van der Waals surface area contributed by atoms with Gasteiger partial charge in [0.15, 0.2) is 17.7 Å². The van der Waals surface area contributed by atoms with Crippen molar-refractivity contribution in [2.45, 2.75) is 24.5 Å². The predicted molar refractivity (Wildman–Crippen MR) is 79.1 cm³/mol. The summed E-state index contributed by atoms with van der Waals surface area (Å²) in [4.78, 5) is 44.1. The van der Waals surface area contributed by atoms with Crippen LogP contribution in [0.2, 0.25) is 0 Å². The summed E-state index contributed by atoms with van der Waals surface area (Å²) in [6.45, 7) is -0.558. The molecule has 1 aliphatic heterocycles. The average Bonchev–Trinajstić information content (AvgIpc) is 3.08. The molecule has 0 saturated carbocycles. The number of aromatic nitrogens is 4. The molecule has 0 unspecified atom stereocenters. The van der Waals surface area contributed by atoms with Crippen LogP contribution in [0.5, 0.6) is 0 Å². The van der Waals surface area contributed by atoms with Gasteiger partial charge in [0, 0.05) is 0 Å². The Bertz CT molecular complexity index is 868. The highest BCUT2D eigenvalue weighted by Gasteiger charge is 2.44. The third kappa shape index (κ3) is 3.67. The van der Waals surface area contributed by atoms with E-state index >= 15 is 0 Å². The zero-order valence-corrected chi connectivity index (χ0v) is 13.9. The number of hydrogen-bond acceptors (Lipinski definition) is 12. The summed E-state index contributed by atoms with van der Waals surface area (Å²) < 4.78 is 22.0. The quantitative estimate of drug-likeness (QED) is 0.337. The summed E-state index contributed by atoms with van der Waals surface area (Å²) in [6, 6.07) is 0. The Morgan fingerprint density at radius 2 is 2.08 bits per heavy atom. The van der Waals surface area contributed by atoms with Gasteiger partial charge in [-0.2, -0.15) is 0 Å². The van der Waals surface area contributed by atoms with Gasteiger partial charge < -0.3 is 39.8 Å². The van der Waals surface area contributed by atoms with Crippen LogP contribution >= 0.6 is 7.60 Å². The number of ether oxygens (including phenoxy) is 2. The summed E-state index contributed by atoms with van der Waals surface area (Å²) in [5, 5.41) is 20.3. The molecule has 0 amide bonds. The van der Waals surface area contributed by atoms with Crippen LogP contribution in [-0.2, 0) is 18.8 Å². The summed E-state index contributed by atoms with van der Waals surface area (Å²) in [5.41, 5.74) is 6.20. The van der Waals surface area contributed by atoms with Crippen LogP contribution in [0.15, 0.2) is 12.7 Å². The van der Waals surface area contributed by atoms with Crippen molar-refractivity contribution in [3.8, 4) is 0 Å². The third-order valence-corrected chi connectivity index (χ3v) is 4.38. The molecule has 14 heteroatoms. The van der Waals surface area contributed by atoms with Crippen LogP contribution in [0.4, 0.5) is 5.82 Å². The topological polar surface area (TPSA) is 209 Å². The fraction of sp³-hybridized carbons (Fsp3) is 0.500. The number of carbonyl (C=O) groups excluding carboxylic acids is 1. The van der Waals surface area contributed by atoms with Gasteiger partial charge in [0.2, 0.25) is 0 Å². The molecule has 2 aromatic heterocycles. The van der Waals surface area contributed by atoms with E-state index in [2.05, 4.69) is 19.7 Å². The maximum atomic E-state index is 11.3. The summed E-state index contributed by atoms with van der Waals surface area (Å²) in [7, 11) is -5.06. The van der Waals surface area contributed by atoms with E-state index in [1.807, 2.05) is 0 Å². The molecular formula is C12H14N5O8P-2. The van der Waals surface area contributed by atoms with Crippen molar-refractivity contribution >= 4 is 30.5 Å². The number of esters is 1. The van der Waals surface area contributed by atoms with E-state index in [9.17, 15) is 29.4 Å². The maximum absolute atomic E-state index is 11.3. The largest absolute Gasteiger partial charge is 0.810 e. The van der Waals surface area contributed by atoms with Crippen molar-refractivity contribution in [2.24, 2.45) is 0 Å². The Balaban J connectivity index is 1.72. The second-order valence-corrected chi connectivity index (χ2v) is 7.12. The van der Waals surface area contributed by atoms with Gasteiger partial charge in [-0.1, -0.05) is 7.60 Å². The Morgan fingerprint density at radius 1 is 1.35 bits per heavy atom. The number of rotatable bonds is 5. The number of hydrogen-bond donors (Lipinski definition) is 3. The molecule has 1 aliphatic rings. The van der Waals surface area contributed by atoms with E-state index in [0.717, 1.165) is 0 Å². The van der Waals surface area contributed by atoms with E-state index in [4.69, 9.17) is 10.5 Å². The molecular weight excluding hydrogens is 373 g/mol. The van der Waals surface area contributed by atoms with Crippen molar-refractivity contribution in [2.75, 3.05) is 18.5 Å². The minimum absolute atomic E-state index is 0.118. The Hall–Kier alpha value is -2.15.